The van der Waals surface area contributed by atoms with E-state index in [-0.39, 0.29) is 18.4 Å². The fourth-order valence-corrected chi connectivity index (χ4v) is 1.72. The number of halogens is 3. The lowest BCUT2D eigenvalue weighted by Crippen LogP contribution is -2.07. The van der Waals surface area contributed by atoms with Crippen LogP contribution in [-0.2, 0) is 6.42 Å². The van der Waals surface area contributed by atoms with Crippen LogP contribution in [0.4, 0.5) is 8.78 Å². The summed E-state index contributed by atoms with van der Waals surface area (Å²) in [5.74, 6) is -1.02. The molecule has 13 heavy (non-hydrogen) atoms. The largest absolute Gasteiger partial charge is 0.324 e. The molecule has 0 bridgehead atoms. The molecule has 1 nitrogen and oxygen atoms in total. The molecule has 1 unspecified atom stereocenters. The first-order valence-corrected chi connectivity index (χ1v) is 3.92. The number of aryl methyl sites for hydroxylation is 1. The van der Waals surface area contributed by atoms with Crippen LogP contribution in [0.25, 0.3) is 0 Å². The molecule has 1 aliphatic carbocycles. The molecule has 0 saturated carbocycles. The van der Waals surface area contributed by atoms with Gasteiger partial charge in [0.25, 0.3) is 0 Å². The van der Waals surface area contributed by atoms with Gasteiger partial charge >= 0.3 is 0 Å². The second kappa shape index (κ2) is 3.60. The first-order chi connectivity index (χ1) is 5.68. The summed E-state index contributed by atoms with van der Waals surface area (Å²) in [5, 5.41) is 0. The van der Waals surface area contributed by atoms with Crippen molar-refractivity contribution < 1.29 is 8.78 Å². The predicted molar refractivity (Wildman–Crippen MR) is 48.9 cm³/mol. The fourth-order valence-electron chi connectivity index (χ4n) is 1.72. The monoisotopic (exact) mass is 205 g/mol. The molecule has 1 atom stereocenters. The minimum Gasteiger partial charge on any atom is -0.324 e. The zero-order valence-corrected chi connectivity index (χ0v) is 7.70. The summed E-state index contributed by atoms with van der Waals surface area (Å²) in [5.41, 5.74) is 6.85. The minimum absolute atomic E-state index is 0. The molecule has 0 saturated heterocycles. The maximum Gasteiger partial charge on any atom is 0.131 e. The summed E-state index contributed by atoms with van der Waals surface area (Å²) in [6.07, 6.45) is 1.40. The van der Waals surface area contributed by atoms with Crippen LogP contribution in [-0.4, -0.2) is 0 Å². The normalized spacial score (nSPS) is 19.5. The van der Waals surface area contributed by atoms with Crippen molar-refractivity contribution in [2.24, 2.45) is 5.73 Å². The molecular weight excluding hydrogens is 196 g/mol. The van der Waals surface area contributed by atoms with E-state index in [1.807, 2.05) is 0 Å². The standard InChI is InChI=1S/C9H9F2N.ClH/c10-6-3-5-1-2-8(12)9(5)7(11)4-6;/h3-4,8H,1-2,12H2;1H. The first kappa shape index (κ1) is 10.4. The Bertz CT molecular complexity index is 328. The third-order valence-corrected chi connectivity index (χ3v) is 2.28. The molecule has 0 spiro atoms. The Labute approximate surface area is 81.3 Å². The minimum atomic E-state index is -0.514. The van der Waals surface area contributed by atoms with Crippen LogP contribution in [0.3, 0.4) is 0 Å². The second-order valence-corrected chi connectivity index (χ2v) is 3.11. The molecule has 0 amide bonds. The molecule has 4 heteroatoms. The molecule has 0 heterocycles. The van der Waals surface area contributed by atoms with Crippen molar-refractivity contribution in [3.8, 4) is 0 Å². The zero-order chi connectivity index (χ0) is 8.72. The van der Waals surface area contributed by atoms with Crippen molar-refractivity contribution in [2.75, 3.05) is 0 Å². The Morgan fingerprint density at radius 2 is 2.00 bits per heavy atom. The first-order valence-electron chi connectivity index (χ1n) is 3.92. The maximum atomic E-state index is 13.1. The average molecular weight is 206 g/mol. The Kier molecular flexibility index (Phi) is 2.88. The highest BCUT2D eigenvalue weighted by molar-refractivity contribution is 5.85. The fraction of sp³-hybridized carbons (Fsp3) is 0.333. The van der Waals surface area contributed by atoms with Crippen molar-refractivity contribution in [2.45, 2.75) is 18.9 Å². The number of hydrogen-bond donors (Lipinski definition) is 1. The molecular formula is C9H10ClF2N. The van der Waals surface area contributed by atoms with Gasteiger partial charge in [-0.15, -0.1) is 12.4 Å². The molecule has 72 valence electrons. The van der Waals surface area contributed by atoms with Gasteiger partial charge in [0, 0.05) is 17.7 Å². The number of benzene rings is 1. The lowest BCUT2D eigenvalue weighted by atomic mass is 10.1. The summed E-state index contributed by atoms with van der Waals surface area (Å²) in [6, 6.07) is 2.01. The van der Waals surface area contributed by atoms with Gasteiger partial charge in [-0.25, -0.2) is 8.78 Å². The van der Waals surface area contributed by atoms with Crippen LogP contribution < -0.4 is 5.73 Å². The summed E-state index contributed by atoms with van der Waals surface area (Å²) < 4.78 is 25.8. The van der Waals surface area contributed by atoms with Crippen LogP contribution in [0.15, 0.2) is 12.1 Å². The van der Waals surface area contributed by atoms with E-state index in [2.05, 4.69) is 0 Å². The zero-order valence-electron chi connectivity index (χ0n) is 6.89. The molecule has 1 aromatic rings. The summed E-state index contributed by atoms with van der Waals surface area (Å²) >= 11 is 0. The molecule has 0 radical (unpaired) electrons. The maximum absolute atomic E-state index is 13.1. The van der Waals surface area contributed by atoms with E-state index in [1.54, 1.807) is 0 Å². The van der Waals surface area contributed by atoms with Gasteiger partial charge in [0.1, 0.15) is 11.6 Å². The van der Waals surface area contributed by atoms with Gasteiger partial charge in [0.2, 0.25) is 0 Å². The molecule has 1 aliphatic rings. The topological polar surface area (TPSA) is 26.0 Å². The van der Waals surface area contributed by atoms with Gasteiger partial charge in [-0.2, -0.15) is 0 Å². The Balaban J connectivity index is 0.000000845. The van der Waals surface area contributed by atoms with Crippen molar-refractivity contribution in [3.05, 3.63) is 34.9 Å². The van der Waals surface area contributed by atoms with Gasteiger partial charge in [-0.1, -0.05) is 0 Å². The lowest BCUT2D eigenvalue weighted by Gasteiger charge is -2.05. The van der Waals surface area contributed by atoms with E-state index >= 15 is 0 Å². The van der Waals surface area contributed by atoms with Crippen molar-refractivity contribution in [1.82, 2.24) is 0 Å². The van der Waals surface area contributed by atoms with E-state index < -0.39 is 11.6 Å². The molecule has 2 N–H and O–H groups in total. The van der Waals surface area contributed by atoms with Crippen LogP contribution in [0, 0.1) is 11.6 Å². The Morgan fingerprint density at radius 1 is 1.31 bits per heavy atom. The van der Waals surface area contributed by atoms with Gasteiger partial charge in [0.15, 0.2) is 0 Å². The predicted octanol–water partition coefficient (Wildman–Crippen LogP) is 2.33. The van der Waals surface area contributed by atoms with Crippen molar-refractivity contribution in [1.29, 1.82) is 0 Å². The van der Waals surface area contributed by atoms with E-state index in [4.69, 9.17) is 5.73 Å². The van der Waals surface area contributed by atoms with E-state index in [9.17, 15) is 8.78 Å². The molecule has 2 rings (SSSR count). The van der Waals surface area contributed by atoms with Gasteiger partial charge < -0.3 is 5.73 Å². The molecule has 0 aliphatic heterocycles. The third-order valence-electron chi connectivity index (χ3n) is 2.28. The summed E-state index contributed by atoms with van der Waals surface area (Å²) in [4.78, 5) is 0. The van der Waals surface area contributed by atoms with Crippen LogP contribution in [0.5, 0.6) is 0 Å². The van der Waals surface area contributed by atoms with Crippen molar-refractivity contribution >= 4 is 12.4 Å². The van der Waals surface area contributed by atoms with Crippen molar-refractivity contribution in [3.63, 3.8) is 0 Å². The van der Waals surface area contributed by atoms with E-state index in [0.717, 1.165) is 18.1 Å². The van der Waals surface area contributed by atoms with Gasteiger partial charge in [-0.05, 0) is 24.5 Å². The SMILES string of the molecule is Cl.NC1CCc2cc(F)cc(F)c21. The second-order valence-electron chi connectivity index (χ2n) is 3.11. The van der Waals surface area contributed by atoms with Crippen LogP contribution >= 0.6 is 12.4 Å². The number of nitrogens with two attached hydrogens (primary N) is 1. The number of hydrogen-bond acceptors (Lipinski definition) is 1. The molecule has 0 aromatic heterocycles. The quantitative estimate of drug-likeness (QED) is 0.691. The Hall–Kier alpha value is -0.670. The van der Waals surface area contributed by atoms with Gasteiger partial charge in [-0.3, -0.25) is 0 Å². The smallest absolute Gasteiger partial charge is 0.131 e. The highest BCUT2D eigenvalue weighted by atomic mass is 35.5. The van der Waals surface area contributed by atoms with Crippen LogP contribution in [0.1, 0.15) is 23.6 Å². The Morgan fingerprint density at radius 3 is 2.69 bits per heavy atom. The lowest BCUT2D eigenvalue weighted by molar-refractivity contribution is 0.562. The number of rotatable bonds is 0. The molecule has 1 aromatic carbocycles. The van der Waals surface area contributed by atoms with Crippen LogP contribution in [0.2, 0.25) is 0 Å². The highest BCUT2D eigenvalue weighted by Gasteiger charge is 2.23. The third kappa shape index (κ3) is 1.67. The van der Waals surface area contributed by atoms with E-state index in [1.165, 1.54) is 6.07 Å². The number of fused-ring (bicyclic) bond motifs is 1. The highest BCUT2D eigenvalue weighted by Crippen LogP contribution is 2.31. The summed E-state index contributed by atoms with van der Waals surface area (Å²) in [6.45, 7) is 0. The molecule has 0 fully saturated rings. The summed E-state index contributed by atoms with van der Waals surface area (Å²) in [7, 11) is 0. The van der Waals surface area contributed by atoms with Gasteiger partial charge in [0.05, 0.1) is 0 Å². The average Bonchev–Trinajstić information content (AvgIpc) is 2.31. The van der Waals surface area contributed by atoms with E-state index in [0.29, 0.717) is 12.0 Å².